The first kappa shape index (κ1) is 18.4. The number of fused-ring (bicyclic) bond motifs is 1. The van der Waals surface area contributed by atoms with Crippen LogP contribution in [0.5, 0.6) is 0 Å². The number of carbonyl (C=O) groups is 1. The molecule has 0 aliphatic rings. The number of para-hydroxylation sites is 1. The second-order valence-corrected chi connectivity index (χ2v) is 7.01. The SMILES string of the molecule is CC(C)CCC(C)NC(=O)CCn1c(=S)[nH]c2ccccc2c1=O. The molecule has 1 unspecified atom stereocenters. The number of rotatable bonds is 7. The summed E-state index contributed by atoms with van der Waals surface area (Å²) in [6.07, 6.45) is 2.28. The third kappa shape index (κ3) is 4.77. The molecule has 0 saturated heterocycles. The van der Waals surface area contributed by atoms with E-state index >= 15 is 0 Å². The Morgan fingerprint density at radius 1 is 1.25 bits per heavy atom. The molecule has 1 heterocycles. The van der Waals surface area contributed by atoms with E-state index < -0.39 is 0 Å². The van der Waals surface area contributed by atoms with Gasteiger partial charge in [-0.15, -0.1) is 0 Å². The van der Waals surface area contributed by atoms with E-state index in [0.29, 0.717) is 16.1 Å². The molecule has 5 nitrogen and oxygen atoms in total. The van der Waals surface area contributed by atoms with Crippen LogP contribution >= 0.6 is 12.2 Å². The average molecular weight is 347 g/mol. The van der Waals surface area contributed by atoms with E-state index in [2.05, 4.69) is 24.1 Å². The second kappa shape index (κ2) is 8.24. The molecular weight excluding hydrogens is 322 g/mol. The van der Waals surface area contributed by atoms with Crippen LogP contribution in [-0.4, -0.2) is 21.5 Å². The van der Waals surface area contributed by atoms with E-state index in [9.17, 15) is 9.59 Å². The fraction of sp³-hybridized carbons (Fsp3) is 0.500. The van der Waals surface area contributed by atoms with Crippen LogP contribution in [0.1, 0.15) is 40.0 Å². The van der Waals surface area contributed by atoms with E-state index in [-0.39, 0.29) is 30.5 Å². The lowest BCUT2D eigenvalue weighted by molar-refractivity contribution is -0.122. The summed E-state index contributed by atoms with van der Waals surface area (Å²) in [5.41, 5.74) is 0.561. The monoisotopic (exact) mass is 347 g/mol. The Hall–Kier alpha value is -1.95. The van der Waals surface area contributed by atoms with Gasteiger partial charge in [-0.25, -0.2) is 0 Å². The summed E-state index contributed by atoms with van der Waals surface area (Å²) in [4.78, 5) is 27.6. The van der Waals surface area contributed by atoms with Crippen molar-refractivity contribution in [2.75, 3.05) is 0 Å². The molecule has 2 rings (SSSR count). The number of amides is 1. The number of aromatic amines is 1. The van der Waals surface area contributed by atoms with Gasteiger partial charge in [0.05, 0.1) is 10.9 Å². The van der Waals surface area contributed by atoms with Crippen molar-refractivity contribution in [2.24, 2.45) is 5.92 Å². The number of H-pyrrole nitrogens is 1. The minimum Gasteiger partial charge on any atom is -0.354 e. The maximum absolute atomic E-state index is 12.5. The van der Waals surface area contributed by atoms with Gasteiger partial charge in [0.25, 0.3) is 5.56 Å². The summed E-state index contributed by atoms with van der Waals surface area (Å²) in [5, 5.41) is 3.56. The molecule has 1 aromatic carbocycles. The molecule has 1 amide bonds. The fourth-order valence-corrected chi connectivity index (χ4v) is 2.90. The zero-order valence-electron chi connectivity index (χ0n) is 14.5. The number of nitrogens with one attached hydrogen (secondary N) is 2. The molecule has 130 valence electrons. The molecule has 2 N–H and O–H groups in total. The van der Waals surface area contributed by atoms with E-state index in [1.807, 2.05) is 25.1 Å². The quantitative estimate of drug-likeness (QED) is 0.755. The highest BCUT2D eigenvalue weighted by molar-refractivity contribution is 7.71. The lowest BCUT2D eigenvalue weighted by Crippen LogP contribution is -2.34. The molecule has 0 aliphatic carbocycles. The van der Waals surface area contributed by atoms with Gasteiger partial charge in [0.15, 0.2) is 4.77 Å². The summed E-state index contributed by atoms with van der Waals surface area (Å²) in [5.74, 6) is 0.569. The number of nitrogens with zero attached hydrogens (tertiary/aromatic N) is 1. The first-order valence-electron chi connectivity index (χ1n) is 8.39. The van der Waals surface area contributed by atoms with Crippen molar-refractivity contribution in [1.82, 2.24) is 14.9 Å². The Kier molecular flexibility index (Phi) is 6.31. The first-order valence-corrected chi connectivity index (χ1v) is 8.80. The van der Waals surface area contributed by atoms with Crippen LogP contribution in [0.25, 0.3) is 10.9 Å². The fourth-order valence-electron chi connectivity index (χ4n) is 2.62. The molecule has 1 aromatic heterocycles. The number of carbonyl (C=O) groups excluding carboxylic acids is 1. The number of benzene rings is 1. The van der Waals surface area contributed by atoms with Crippen LogP contribution in [0.2, 0.25) is 0 Å². The van der Waals surface area contributed by atoms with Crippen molar-refractivity contribution in [3.05, 3.63) is 39.4 Å². The molecule has 1 atom stereocenters. The molecule has 0 fully saturated rings. The van der Waals surface area contributed by atoms with Crippen LogP contribution in [0.15, 0.2) is 29.1 Å². The summed E-state index contributed by atoms with van der Waals surface area (Å²) in [7, 11) is 0. The van der Waals surface area contributed by atoms with Gasteiger partial charge in [0.2, 0.25) is 5.91 Å². The van der Waals surface area contributed by atoms with E-state index in [1.165, 1.54) is 4.57 Å². The highest BCUT2D eigenvalue weighted by Gasteiger charge is 2.10. The summed E-state index contributed by atoms with van der Waals surface area (Å²) in [6.45, 7) is 6.63. The van der Waals surface area contributed by atoms with Crippen LogP contribution in [0.4, 0.5) is 0 Å². The van der Waals surface area contributed by atoms with Crippen molar-refractivity contribution in [2.45, 2.75) is 52.6 Å². The highest BCUT2D eigenvalue weighted by Crippen LogP contribution is 2.08. The van der Waals surface area contributed by atoms with E-state index in [4.69, 9.17) is 12.2 Å². The van der Waals surface area contributed by atoms with Crippen LogP contribution in [-0.2, 0) is 11.3 Å². The lowest BCUT2D eigenvalue weighted by Gasteiger charge is -2.15. The van der Waals surface area contributed by atoms with Gasteiger partial charge in [-0.05, 0) is 50.0 Å². The first-order chi connectivity index (χ1) is 11.4. The normalized spacial score (nSPS) is 12.5. The number of hydrogen-bond donors (Lipinski definition) is 2. The summed E-state index contributed by atoms with van der Waals surface area (Å²) in [6, 6.07) is 7.38. The molecule has 0 saturated carbocycles. The van der Waals surface area contributed by atoms with Gasteiger partial charge in [0.1, 0.15) is 0 Å². The Morgan fingerprint density at radius 2 is 1.96 bits per heavy atom. The molecule has 0 spiro atoms. The average Bonchev–Trinajstić information content (AvgIpc) is 2.52. The Morgan fingerprint density at radius 3 is 2.67 bits per heavy atom. The topological polar surface area (TPSA) is 66.9 Å². The zero-order valence-corrected chi connectivity index (χ0v) is 15.3. The van der Waals surface area contributed by atoms with Gasteiger partial charge in [-0.1, -0.05) is 26.0 Å². The Balaban J connectivity index is 2.02. The largest absolute Gasteiger partial charge is 0.354 e. The van der Waals surface area contributed by atoms with E-state index in [1.54, 1.807) is 6.07 Å². The van der Waals surface area contributed by atoms with Crippen molar-refractivity contribution in [1.29, 1.82) is 0 Å². The third-order valence-corrected chi connectivity index (χ3v) is 4.36. The predicted molar refractivity (Wildman–Crippen MR) is 99.7 cm³/mol. The van der Waals surface area contributed by atoms with Gasteiger partial charge < -0.3 is 10.3 Å². The van der Waals surface area contributed by atoms with Gasteiger partial charge >= 0.3 is 0 Å². The Bertz CT molecular complexity index is 823. The van der Waals surface area contributed by atoms with Crippen molar-refractivity contribution in [3.8, 4) is 0 Å². The maximum atomic E-state index is 12.5. The minimum absolute atomic E-state index is 0.0549. The maximum Gasteiger partial charge on any atom is 0.262 e. The smallest absolute Gasteiger partial charge is 0.262 e. The molecule has 2 aromatic rings. The van der Waals surface area contributed by atoms with Gasteiger partial charge in [0, 0.05) is 19.0 Å². The summed E-state index contributed by atoms with van der Waals surface area (Å²) >= 11 is 5.25. The molecule has 24 heavy (non-hydrogen) atoms. The standard InChI is InChI=1S/C18H25N3O2S/c1-12(2)8-9-13(3)19-16(22)10-11-21-17(23)14-6-4-5-7-15(14)20-18(21)24/h4-7,12-13H,8-11H2,1-3H3,(H,19,22)(H,20,24). The van der Waals surface area contributed by atoms with Gasteiger partial charge in [-0.3, -0.25) is 14.2 Å². The number of aromatic nitrogens is 2. The zero-order chi connectivity index (χ0) is 17.7. The van der Waals surface area contributed by atoms with E-state index in [0.717, 1.165) is 18.4 Å². The molecule has 0 bridgehead atoms. The van der Waals surface area contributed by atoms with Crippen LogP contribution in [0, 0.1) is 10.7 Å². The molecule has 0 aliphatic heterocycles. The predicted octanol–water partition coefficient (Wildman–Crippen LogP) is 3.39. The third-order valence-electron chi connectivity index (χ3n) is 4.04. The van der Waals surface area contributed by atoms with Crippen molar-refractivity contribution in [3.63, 3.8) is 0 Å². The minimum atomic E-state index is -0.157. The van der Waals surface area contributed by atoms with Crippen molar-refractivity contribution < 1.29 is 4.79 Å². The highest BCUT2D eigenvalue weighted by atomic mass is 32.1. The van der Waals surface area contributed by atoms with Crippen LogP contribution in [0.3, 0.4) is 0 Å². The van der Waals surface area contributed by atoms with Gasteiger partial charge in [-0.2, -0.15) is 0 Å². The summed E-state index contributed by atoms with van der Waals surface area (Å²) < 4.78 is 1.80. The molecule has 0 radical (unpaired) electrons. The van der Waals surface area contributed by atoms with Crippen LogP contribution < -0.4 is 10.9 Å². The van der Waals surface area contributed by atoms with Crippen molar-refractivity contribution >= 4 is 29.0 Å². The second-order valence-electron chi connectivity index (χ2n) is 6.62. The Labute approximate surface area is 147 Å². The number of hydrogen-bond acceptors (Lipinski definition) is 3. The molecular formula is C18H25N3O2S. The lowest BCUT2D eigenvalue weighted by atomic mass is 10.0. The molecule has 6 heteroatoms.